The summed E-state index contributed by atoms with van der Waals surface area (Å²) in [5.74, 6) is -1.27. The van der Waals surface area contributed by atoms with Crippen LogP contribution in [0, 0.1) is 6.92 Å². The second-order valence-corrected chi connectivity index (χ2v) is 12.5. The number of fused-ring (bicyclic) bond motifs is 1. The van der Waals surface area contributed by atoms with Crippen molar-refractivity contribution in [1.29, 1.82) is 0 Å². The lowest BCUT2D eigenvalue weighted by Gasteiger charge is -2.27. The fourth-order valence-corrected chi connectivity index (χ4v) is 5.70. The highest BCUT2D eigenvalue weighted by Gasteiger charge is 2.28. The third kappa shape index (κ3) is 6.82. The van der Waals surface area contributed by atoms with E-state index in [-0.39, 0.29) is 22.9 Å². The molecule has 37 heavy (non-hydrogen) atoms. The molecule has 4 rings (SSSR count). The van der Waals surface area contributed by atoms with Crippen molar-refractivity contribution in [2.75, 3.05) is 0 Å². The van der Waals surface area contributed by atoms with E-state index < -0.39 is 22.0 Å². The van der Waals surface area contributed by atoms with Crippen molar-refractivity contribution >= 4 is 16.0 Å². The van der Waals surface area contributed by atoms with Crippen LogP contribution in [0.3, 0.4) is 0 Å². The Morgan fingerprint density at radius 2 is 1.92 bits per heavy atom. The lowest BCUT2D eigenvalue weighted by Crippen LogP contribution is -2.42. The van der Waals surface area contributed by atoms with Crippen LogP contribution in [0.1, 0.15) is 67.6 Å². The second kappa shape index (κ2) is 10.7. The van der Waals surface area contributed by atoms with Crippen LogP contribution in [0.15, 0.2) is 53.6 Å². The highest BCUT2D eigenvalue weighted by atomic mass is 32.2. The van der Waals surface area contributed by atoms with E-state index >= 15 is 0 Å². The first-order valence-corrected chi connectivity index (χ1v) is 14.0. The Labute approximate surface area is 218 Å². The lowest BCUT2D eigenvalue weighted by atomic mass is 9.86. The van der Waals surface area contributed by atoms with Crippen LogP contribution in [-0.2, 0) is 34.2 Å². The molecular weight excluding hydrogens is 490 g/mol. The maximum atomic E-state index is 12.7. The summed E-state index contributed by atoms with van der Waals surface area (Å²) in [6.07, 6.45) is 4.52. The predicted molar refractivity (Wildman–Crippen MR) is 141 cm³/mol. The highest BCUT2D eigenvalue weighted by molar-refractivity contribution is 7.89. The Kier molecular flexibility index (Phi) is 7.82. The van der Waals surface area contributed by atoms with E-state index in [0.29, 0.717) is 5.69 Å². The zero-order valence-electron chi connectivity index (χ0n) is 21.7. The van der Waals surface area contributed by atoms with Gasteiger partial charge in [-0.2, -0.15) is 4.72 Å². The maximum absolute atomic E-state index is 12.7. The standard InChI is InChI=1S/C27H35N5O4S/c1-18-8-11-22(12-9-18)37(35,36)30-24(26(33)34)15-21-17-32(31-29-21)25-7-5-6-20-14-19(10-13-23(20)25)16-28-27(2,3)4/h8-14,17,24-25,28,30H,5-7,15-16H2,1-4H3,(H,33,34)/t24-,25?/m1/s1. The molecule has 1 aliphatic rings. The van der Waals surface area contributed by atoms with Crippen molar-refractivity contribution in [3.63, 3.8) is 0 Å². The molecule has 3 aromatic rings. The number of carboxylic acids is 1. The van der Waals surface area contributed by atoms with Gasteiger partial charge in [-0.25, -0.2) is 13.1 Å². The van der Waals surface area contributed by atoms with Crippen LogP contribution in [0.25, 0.3) is 0 Å². The molecule has 2 aromatic carbocycles. The summed E-state index contributed by atoms with van der Waals surface area (Å²) in [6, 6.07) is 11.4. The number of hydrogen-bond donors (Lipinski definition) is 3. The molecule has 198 valence electrons. The third-order valence-corrected chi connectivity index (χ3v) is 8.02. The van der Waals surface area contributed by atoms with E-state index in [4.69, 9.17) is 0 Å². The number of rotatable bonds is 9. The normalized spacial score (nSPS) is 16.8. The summed E-state index contributed by atoms with van der Waals surface area (Å²) < 4.78 is 29.6. The van der Waals surface area contributed by atoms with Crippen molar-refractivity contribution in [3.8, 4) is 0 Å². The van der Waals surface area contributed by atoms with Crippen molar-refractivity contribution < 1.29 is 18.3 Å². The Morgan fingerprint density at radius 1 is 1.19 bits per heavy atom. The van der Waals surface area contributed by atoms with E-state index in [1.165, 1.54) is 28.8 Å². The van der Waals surface area contributed by atoms with E-state index in [0.717, 1.165) is 31.4 Å². The molecule has 0 spiro atoms. The quantitative estimate of drug-likeness (QED) is 0.391. The number of carbonyl (C=O) groups is 1. The summed E-state index contributed by atoms with van der Waals surface area (Å²) in [7, 11) is -4.00. The highest BCUT2D eigenvalue weighted by Crippen LogP contribution is 2.33. The van der Waals surface area contributed by atoms with Crippen LogP contribution in [0.5, 0.6) is 0 Å². The summed E-state index contributed by atoms with van der Waals surface area (Å²) in [4.78, 5) is 11.9. The summed E-state index contributed by atoms with van der Waals surface area (Å²) in [5, 5.41) is 21.7. The van der Waals surface area contributed by atoms with Gasteiger partial charge in [0.2, 0.25) is 10.0 Å². The van der Waals surface area contributed by atoms with Crippen molar-refractivity contribution in [3.05, 3.63) is 76.6 Å². The van der Waals surface area contributed by atoms with Crippen molar-refractivity contribution in [1.82, 2.24) is 25.0 Å². The van der Waals surface area contributed by atoms with E-state index in [9.17, 15) is 18.3 Å². The summed E-state index contributed by atoms with van der Waals surface area (Å²) in [6.45, 7) is 9.08. The number of benzene rings is 2. The molecule has 2 atom stereocenters. The van der Waals surface area contributed by atoms with Crippen LogP contribution in [-0.4, -0.2) is 46.1 Å². The molecule has 1 aromatic heterocycles. The molecule has 0 saturated carbocycles. The maximum Gasteiger partial charge on any atom is 0.322 e. The molecule has 0 saturated heterocycles. The molecule has 9 nitrogen and oxygen atoms in total. The number of aromatic nitrogens is 3. The zero-order valence-corrected chi connectivity index (χ0v) is 22.5. The number of nitrogens with one attached hydrogen (secondary N) is 2. The topological polar surface area (TPSA) is 126 Å². The zero-order chi connectivity index (χ0) is 26.8. The van der Waals surface area contributed by atoms with Gasteiger partial charge in [0.1, 0.15) is 6.04 Å². The van der Waals surface area contributed by atoms with Gasteiger partial charge in [0, 0.05) is 24.7 Å². The first-order valence-electron chi connectivity index (χ1n) is 12.5. The van der Waals surface area contributed by atoms with Gasteiger partial charge in [0.05, 0.1) is 16.6 Å². The Hall–Kier alpha value is -3.08. The molecular formula is C27H35N5O4S. The monoisotopic (exact) mass is 525 g/mol. The minimum Gasteiger partial charge on any atom is -0.480 e. The first-order chi connectivity index (χ1) is 17.4. The van der Waals surface area contributed by atoms with Crippen molar-refractivity contribution in [2.24, 2.45) is 0 Å². The largest absolute Gasteiger partial charge is 0.480 e. The molecule has 3 N–H and O–H groups in total. The van der Waals surface area contributed by atoms with Crippen LogP contribution in [0.2, 0.25) is 0 Å². The smallest absolute Gasteiger partial charge is 0.322 e. The van der Waals surface area contributed by atoms with Gasteiger partial charge >= 0.3 is 5.97 Å². The fraction of sp³-hybridized carbons (Fsp3) is 0.444. The molecule has 1 aliphatic carbocycles. The van der Waals surface area contributed by atoms with E-state index in [1.807, 2.05) is 6.92 Å². The summed E-state index contributed by atoms with van der Waals surface area (Å²) >= 11 is 0. The van der Waals surface area contributed by atoms with E-state index in [1.54, 1.807) is 23.0 Å². The van der Waals surface area contributed by atoms with Gasteiger partial charge < -0.3 is 10.4 Å². The van der Waals surface area contributed by atoms with Gasteiger partial charge in [-0.05, 0) is 75.8 Å². The first kappa shape index (κ1) is 27.0. The molecule has 10 heteroatoms. The van der Waals surface area contributed by atoms with Gasteiger partial charge in [0.15, 0.2) is 0 Å². The molecule has 0 fully saturated rings. The molecule has 0 bridgehead atoms. The lowest BCUT2D eigenvalue weighted by molar-refractivity contribution is -0.138. The van der Waals surface area contributed by atoms with Gasteiger partial charge in [-0.1, -0.05) is 41.1 Å². The molecule has 1 heterocycles. The fourth-order valence-electron chi connectivity index (χ4n) is 4.51. The Balaban J connectivity index is 1.49. The number of sulfonamides is 1. The number of carboxylic acid groups (broad SMARTS) is 1. The van der Waals surface area contributed by atoms with Crippen LogP contribution >= 0.6 is 0 Å². The Morgan fingerprint density at radius 3 is 2.59 bits per heavy atom. The van der Waals surface area contributed by atoms with Gasteiger partial charge in [0.25, 0.3) is 0 Å². The van der Waals surface area contributed by atoms with Crippen LogP contribution < -0.4 is 10.0 Å². The average Bonchev–Trinajstić information content (AvgIpc) is 3.30. The number of hydrogen-bond acceptors (Lipinski definition) is 6. The number of nitrogens with zero attached hydrogens (tertiary/aromatic N) is 3. The minimum atomic E-state index is -4.00. The minimum absolute atomic E-state index is 0.00199. The molecule has 0 aliphatic heterocycles. The number of aliphatic carboxylic acids is 1. The predicted octanol–water partition coefficient (Wildman–Crippen LogP) is 3.37. The van der Waals surface area contributed by atoms with Gasteiger partial charge in [-0.15, -0.1) is 5.10 Å². The average molecular weight is 526 g/mol. The van der Waals surface area contributed by atoms with E-state index in [2.05, 4.69) is 59.3 Å². The Bertz CT molecular complexity index is 1360. The SMILES string of the molecule is Cc1ccc(S(=O)(=O)N[C@H](Cc2cn(C3CCCc4cc(CNC(C)(C)C)ccc43)nn2)C(=O)O)cc1. The third-order valence-electron chi connectivity index (χ3n) is 6.53. The van der Waals surface area contributed by atoms with Crippen LogP contribution in [0.4, 0.5) is 0 Å². The molecule has 0 radical (unpaired) electrons. The molecule has 1 unspecified atom stereocenters. The molecule has 0 amide bonds. The second-order valence-electron chi connectivity index (χ2n) is 10.8. The summed E-state index contributed by atoms with van der Waals surface area (Å²) in [5.41, 5.74) is 5.08. The van der Waals surface area contributed by atoms with Gasteiger partial charge in [-0.3, -0.25) is 4.79 Å². The number of aryl methyl sites for hydroxylation is 2. The van der Waals surface area contributed by atoms with Crippen molar-refractivity contribution in [2.45, 2.75) is 82.4 Å².